The number of rotatable bonds is 4. The molecule has 1 aromatic rings. The topological polar surface area (TPSA) is 78.6 Å². The van der Waals surface area contributed by atoms with Crippen LogP contribution in [0.2, 0.25) is 0 Å². The van der Waals surface area contributed by atoms with Crippen molar-refractivity contribution < 1.29 is 14.3 Å². The Labute approximate surface area is 123 Å². The van der Waals surface area contributed by atoms with Crippen molar-refractivity contribution in [2.45, 2.75) is 37.8 Å². The molecule has 0 heterocycles. The van der Waals surface area contributed by atoms with Gasteiger partial charge in [-0.15, -0.1) is 0 Å². The molecular weight excluding hydrogens is 273 g/mol. The standard InChI is InChI=1S/C15H22FN3O2/c1-19(13-4-2-3-5-14(13)20)9-15(21)18-12-8-10(17)6-7-11(12)16/h6-8,13-14,20H,2-5,9,17H2,1H3,(H,18,21). The van der Waals surface area contributed by atoms with Crippen molar-refractivity contribution >= 4 is 17.3 Å². The molecule has 0 aliphatic heterocycles. The highest BCUT2D eigenvalue weighted by molar-refractivity contribution is 5.92. The number of amides is 1. The Morgan fingerprint density at radius 1 is 1.48 bits per heavy atom. The van der Waals surface area contributed by atoms with Crippen molar-refractivity contribution in [1.29, 1.82) is 0 Å². The molecular formula is C15H22FN3O2. The molecule has 0 radical (unpaired) electrons. The number of halogens is 1. The van der Waals surface area contributed by atoms with Crippen LogP contribution >= 0.6 is 0 Å². The van der Waals surface area contributed by atoms with Gasteiger partial charge in [0.1, 0.15) is 5.82 Å². The van der Waals surface area contributed by atoms with Gasteiger partial charge < -0.3 is 16.2 Å². The molecule has 1 aromatic carbocycles. The Kier molecular flexibility index (Phi) is 5.14. The first kappa shape index (κ1) is 15.7. The van der Waals surface area contributed by atoms with E-state index in [9.17, 15) is 14.3 Å². The molecule has 2 atom stereocenters. The molecule has 1 aliphatic rings. The normalized spacial score (nSPS) is 22.3. The molecule has 21 heavy (non-hydrogen) atoms. The van der Waals surface area contributed by atoms with E-state index in [2.05, 4.69) is 5.32 Å². The quantitative estimate of drug-likeness (QED) is 0.737. The zero-order valence-corrected chi connectivity index (χ0v) is 12.2. The lowest BCUT2D eigenvalue weighted by atomic mass is 9.91. The molecule has 1 aliphatic carbocycles. The predicted octanol–water partition coefficient (Wildman–Crippen LogP) is 1.58. The molecule has 0 aromatic heterocycles. The zero-order chi connectivity index (χ0) is 15.4. The summed E-state index contributed by atoms with van der Waals surface area (Å²) in [7, 11) is 1.80. The first-order valence-corrected chi connectivity index (χ1v) is 7.20. The van der Waals surface area contributed by atoms with Gasteiger partial charge in [-0.2, -0.15) is 0 Å². The Morgan fingerprint density at radius 2 is 2.19 bits per heavy atom. The molecule has 0 bridgehead atoms. The Hall–Kier alpha value is -1.66. The number of aliphatic hydroxyl groups is 1. The molecule has 6 heteroatoms. The van der Waals surface area contributed by atoms with Crippen molar-refractivity contribution in [2.24, 2.45) is 0 Å². The highest BCUT2D eigenvalue weighted by Gasteiger charge is 2.27. The summed E-state index contributed by atoms with van der Waals surface area (Å²) in [4.78, 5) is 13.8. The summed E-state index contributed by atoms with van der Waals surface area (Å²) in [5.41, 5.74) is 6.05. The van der Waals surface area contributed by atoms with Gasteiger partial charge in [0.15, 0.2) is 0 Å². The molecule has 0 spiro atoms. The van der Waals surface area contributed by atoms with E-state index in [-0.39, 0.29) is 24.2 Å². The van der Waals surface area contributed by atoms with E-state index in [0.717, 1.165) is 25.7 Å². The summed E-state index contributed by atoms with van der Waals surface area (Å²) < 4.78 is 13.6. The average Bonchev–Trinajstić information content (AvgIpc) is 2.43. The van der Waals surface area contributed by atoms with Gasteiger partial charge in [-0.1, -0.05) is 12.8 Å². The van der Waals surface area contributed by atoms with Crippen LogP contribution < -0.4 is 11.1 Å². The lowest BCUT2D eigenvalue weighted by Gasteiger charge is -2.34. The third kappa shape index (κ3) is 4.15. The smallest absolute Gasteiger partial charge is 0.238 e. The van der Waals surface area contributed by atoms with Crippen LogP contribution in [0.5, 0.6) is 0 Å². The molecule has 2 rings (SSSR count). The molecule has 5 nitrogen and oxygen atoms in total. The number of carbonyl (C=O) groups is 1. The number of nitrogens with two attached hydrogens (primary N) is 1. The molecule has 1 amide bonds. The second-order valence-electron chi connectivity index (χ2n) is 5.62. The second-order valence-corrected chi connectivity index (χ2v) is 5.62. The molecule has 1 fully saturated rings. The van der Waals surface area contributed by atoms with Crippen molar-refractivity contribution in [1.82, 2.24) is 4.90 Å². The van der Waals surface area contributed by atoms with E-state index < -0.39 is 11.9 Å². The second kappa shape index (κ2) is 6.87. The van der Waals surface area contributed by atoms with Crippen LogP contribution in [0.4, 0.5) is 15.8 Å². The van der Waals surface area contributed by atoms with Gasteiger partial charge in [-0.25, -0.2) is 4.39 Å². The highest BCUT2D eigenvalue weighted by atomic mass is 19.1. The zero-order valence-electron chi connectivity index (χ0n) is 12.2. The van der Waals surface area contributed by atoms with E-state index >= 15 is 0 Å². The summed E-state index contributed by atoms with van der Waals surface area (Å²) in [6.45, 7) is 0.107. The fraction of sp³-hybridized carbons (Fsp3) is 0.533. The van der Waals surface area contributed by atoms with Crippen LogP contribution in [0.15, 0.2) is 18.2 Å². The summed E-state index contributed by atoms with van der Waals surface area (Å²) in [5, 5.41) is 12.5. The number of nitrogen functional groups attached to an aromatic ring is 1. The SMILES string of the molecule is CN(CC(=O)Nc1cc(N)ccc1F)C1CCCCC1O. The van der Waals surface area contributed by atoms with Crippen molar-refractivity contribution in [3.63, 3.8) is 0 Å². The van der Waals surface area contributed by atoms with Gasteiger partial charge in [0.25, 0.3) is 0 Å². The van der Waals surface area contributed by atoms with Crippen LogP contribution in [-0.2, 0) is 4.79 Å². The van der Waals surface area contributed by atoms with Crippen LogP contribution in [0, 0.1) is 5.82 Å². The molecule has 4 N–H and O–H groups in total. The third-order valence-corrected chi connectivity index (χ3v) is 3.92. The Balaban J connectivity index is 1.93. The van der Waals surface area contributed by atoms with Gasteiger partial charge >= 0.3 is 0 Å². The van der Waals surface area contributed by atoms with Gasteiger partial charge in [-0.05, 0) is 38.1 Å². The van der Waals surface area contributed by atoms with E-state index in [1.807, 2.05) is 4.90 Å². The number of hydrogen-bond donors (Lipinski definition) is 3. The minimum absolute atomic E-state index is 0.0183. The number of hydrogen-bond acceptors (Lipinski definition) is 4. The largest absolute Gasteiger partial charge is 0.399 e. The van der Waals surface area contributed by atoms with Crippen LogP contribution in [0.1, 0.15) is 25.7 Å². The number of likely N-dealkylation sites (N-methyl/N-ethyl adjacent to an activating group) is 1. The molecule has 2 unspecified atom stereocenters. The van der Waals surface area contributed by atoms with E-state index in [1.165, 1.54) is 18.2 Å². The van der Waals surface area contributed by atoms with Crippen LogP contribution in [0.3, 0.4) is 0 Å². The maximum atomic E-state index is 13.6. The van der Waals surface area contributed by atoms with Crippen LogP contribution in [-0.4, -0.2) is 41.7 Å². The number of anilines is 2. The fourth-order valence-corrected chi connectivity index (χ4v) is 2.78. The minimum Gasteiger partial charge on any atom is -0.399 e. The van der Waals surface area contributed by atoms with Gasteiger partial charge in [0, 0.05) is 11.7 Å². The first-order valence-electron chi connectivity index (χ1n) is 7.20. The monoisotopic (exact) mass is 295 g/mol. The Morgan fingerprint density at radius 3 is 2.90 bits per heavy atom. The lowest BCUT2D eigenvalue weighted by molar-refractivity contribution is -0.118. The lowest BCUT2D eigenvalue weighted by Crippen LogP contribution is -2.46. The average molecular weight is 295 g/mol. The third-order valence-electron chi connectivity index (χ3n) is 3.92. The number of aliphatic hydroxyl groups excluding tert-OH is 1. The van der Waals surface area contributed by atoms with E-state index in [0.29, 0.717) is 5.69 Å². The Bertz CT molecular complexity index is 510. The molecule has 116 valence electrons. The van der Waals surface area contributed by atoms with E-state index in [1.54, 1.807) is 7.05 Å². The van der Waals surface area contributed by atoms with Gasteiger partial charge in [0.05, 0.1) is 18.3 Å². The number of benzene rings is 1. The van der Waals surface area contributed by atoms with E-state index in [4.69, 9.17) is 5.73 Å². The summed E-state index contributed by atoms with van der Waals surface area (Å²) in [6, 6.07) is 4.03. The van der Waals surface area contributed by atoms with Crippen molar-refractivity contribution in [3.05, 3.63) is 24.0 Å². The fourth-order valence-electron chi connectivity index (χ4n) is 2.78. The molecule has 1 saturated carbocycles. The summed E-state index contributed by atoms with van der Waals surface area (Å²) in [6.07, 6.45) is 3.31. The highest BCUT2D eigenvalue weighted by Crippen LogP contribution is 2.22. The first-order chi connectivity index (χ1) is 9.97. The maximum Gasteiger partial charge on any atom is 0.238 e. The summed E-state index contributed by atoms with van der Waals surface area (Å²) >= 11 is 0. The number of nitrogens with zero attached hydrogens (tertiary/aromatic N) is 1. The predicted molar refractivity (Wildman–Crippen MR) is 80.3 cm³/mol. The number of nitrogens with one attached hydrogen (secondary N) is 1. The van der Waals surface area contributed by atoms with Gasteiger partial charge in [0.2, 0.25) is 5.91 Å². The van der Waals surface area contributed by atoms with Crippen LogP contribution in [0.25, 0.3) is 0 Å². The van der Waals surface area contributed by atoms with Crippen molar-refractivity contribution in [2.75, 3.05) is 24.6 Å². The maximum absolute atomic E-state index is 13.6. The van der Waals surface area contributed by atoms with Crippen molar-refractivity contribution in [3.8, 4) is 0 Å². The minimum atomic E-state index is -0.516. The number of carbonyl (C=O) groups excluding carboxylic acids is 1. The summed E-state index contributed by atoms with van der Waals surface area (Å²) in [5.74, 6) is -0.835. The molecule has 0 saturated heterocycles. The van der Waals surface area contributed by atoms with Gasteiger partial charge in [-0.3, -0.25) is 9.69 Å².